The molecule has 0 bridgehead atoms. The van der Waals surface area contributed by atoms with Crippen molar-refractivity contribution in [1.82, 2.24) is 14.3 Å². The fraction of sp³-hybridized carbons (Fsp3) is 0.130. The molecule has 1 aliphatic rings. The van der Waals surface area contributed by atoms with E-state index < -0.39 is 0 Å². The quantitative estimate of drug-likeness (QED) is 0.268. The molecular weight excluding hydrogens is 488 g/mol. The van der Waals surface area contributed by atoms with Crippen molar-refractivity contribution >= 4 is 61.4 Å². The second-order valence-corrected chi connectivity index (χ2v) is 9.97. The van der Waals surface area contributed by atoms with Crippen LogP contribution in [-0.2, 0) is 11.8 Å². The SMILES string of the molecule is Cc1c(-c2nc(N3C(=O)CSC3=S)sc2N=Nc2ccccc2)c(=O)n(-c2ccccc2)n1C. The van der Waals surface area contributed by atoms with Crippen molar-refractivity contribution in [1.29, 1.82) is 0 Å². The average molecular weight is 507 g/mol. The second kappa shape index (κ2) is 9.09. The van der Waals surface area contributed by atoms with Crippen molar-refractivity contribution in [2.45, 2.75) is 6.92 Å². The molecule has 8 nitrogen and oxygen atoms in total. The van der Waals surface area contributed by atoms with Crippen molar-refractivity contribution in [3.63, 3.8) is 0 Å². The summed E-state index contributed by atoms with van der Waals surface area (Å²) in [5.41, 5.74) is 2.66. The van der Waals surface area contributed by atoms with E-state index in [4.69, 9.17) is 12.2 Å². The van der Waals surface area contributed by atoms with Gasteiger partial charge in [-0.15, -0.1) is 10.2 Å². The van der Waals surface area contributed by atoms with Crippen molar-refractivity contribution in [3.8, 4) is 16.9 Å². The number of nitrogens with zero attached hydrogens (tertiary/aromatic N) is 6. The normalized spacial score (nSPS) is 14.0. The first-order chi connectivity index (χ1) is 16.5. The molecule has 3 heterocycles. The summed E-state index contributed by atoms with van der Waals surface area (Å²) < 4.78 is 3.80. The number of thiazole rings is 1. The number of benzene rings is 2. The Labute approximate surface area is 208 Å². The Morgan fingerprint density at radius 2 is 1.68 bits per heavy atom. The molecule has 1 aliphatic heterocycles. The maximum atomic E-state index is 13.6. The highest BCUT2D eigenvalue weighted by Gasteiger charge is 2.33. The Balaban J connectivity index is 1.69. The zero-order valence-electron chi connectivity index (χ0n) is 18.2. The van der Waals surface area contributed by atoms with Gasteiger partial charge in [0.25, 0.3) is 5.56 Å². The fourth-order valence-electron chi connectivity index (χ4n) is 3.61. The third-order valence-electron chi connectivity index (χ3n) is 5.34. The molecule has 2 aromatic carbocycles. The van der Waals surface area contributed by atoms with E-state index in [9.17, 15) is 9.59 Å². The number of thioether (sulfide) groups is 1. The van der Waals surface area contributed by atoms with Crippen LogP contribution < -0.4 is 10.5 Å². The van der Waals surface area contributed by atoms with Gasteiger partial charge in [0.05, 0.1) is 22.7 Å². The summed E-state index contributed by atoms with van der Waals surface area (Å²) in [6, 6.07) is 18.7. The first-order valence-electron chi connectivity index (χ1n) is 10.3. The number of rotatable bonds is 5. The molecule has 1 saturated heterocycles. The molecule has 0 aliphatic carbocycles. The van der Waals surface area contributed by atoms with Gasteiger partial charge in [0, 0.05) is 12.7 Å². The minimum Gasteiger partial charge on any atom is -0.285 e. The number of carbonyl (C=O) groups excluding carboxylic acids is 1. The largest absolute Gasteiger partial charge is 0.285 e. The van der Waals surface area contributed by atoms with Crippen LogP contribution in [0.3, 0.4) is 0 Å². The van der Waals surface area contributed by atoms with Crippen LogP contribution in [0.15, 0.2) is 75.7 Å². The smallest absolute Gasteiger partial charge is 0.281 e. The van der Waals surface area contributed by atoms with Crippen molar-refractivity contribution in [2.24, 2.45) is 17.3 Å². The number of hydrogen-bond acceptors (Lipinski definition) is 8. The van der Waals surface area contributed by atoms with E-state index in [0.29, 0.717) is 37.1 Å². The lowest BCUT2D eigenvalue weighted by atomic mass is 10.2. The Morgan fingerprint density at radius 3 is 2.32 bits per heavy atom. The number of thiocarbonyl (C=S) groups is 1. The Morgan fingerprint density at radius 1 is 1.00 bits per heavy atom. The maximum absolute atomic E-state index is 13.6. The summed E-state index contributed by atoms with van der Waals surface area (Å²) >= 11 is 7.83. The molecule has 0 atom stereocenters. The number of aromatic nitrogens is 3. The predicted molar refractivity (Wildman–Crippen MR) is 140 cm³/mol. The zero-order valence-corrected chi connectivity index (χ0v) is 20.7. The van der Waals surface area contributed by atoms with Crippen LogP contribution in [0.2, 0.25) is 0 Å². The first kappa shape index (κ1) is 22.4. The minimum absolute atomic E-state index is 0.145. The molecule has 170 valence electrons. The molecule has 4 aromatic rings. The van der Waals surface area contributed by atoms with Gasteiger partial charge >= 0.3 is 0 Å². The minimum atomic E-state index is -0.232. The number of hydrogen-bond donors (Lipinski definition) is 0. The van der Waals surface area contributed by atoms with Crippen LogP contribution >= 0.6 is 35.3 Å². The third-order valence-corrected chi connectivity index (χ3v) is 7.63. The number of azo groups is 1. The van der Waals surface area contributed by atoms with E-state index in [1.54, 1.807) is 9.36 Å². The number of anilines is 1. The first-order valence-corrected chi connectivity index (χ1v) is 12.5. The second-order valence-electron chi connectivity index (χ2n) is 7.41. The van der Waals surface area contributed by atoms with E-state index >= 15 is 0 Å². The summed E-state index contributed by atoms with van der Waals surface area (Å²) in [5, 5.41) is 9.56. The van der Waals surface area contributed by atoms with Gasteiger partial charge in [-0.2, -0.15) is 0 Å². The van der Waals surface area contributed by atoms with Crippen LogP contribution in [0.1, 0.15) is 5.69 Å². The maximum Gasteiger partial charge on any atom is 0.281 e. The molecule has 0 saturated carbocycles. The average Bonchev–Trinajstić information content (AvgIpc) is 3.47. The molecule has 5 rings (SSSR count). The molecule has 1 fully saturated rings. The molecule has 0 spiro atoms. The molecule has 2 aromatic heterocycles. The van der Waals surface area contributed by atoms with Gasteiger partial charge in [-0.3, -0.25) is 14.3 Å². The monoisotopic (exact) mass is 506 g/mol. The number of carbonyl (C=O) groups is 1. The van der Waals surface area contributed by atoms with Crippen molar-refractivity contribution in [2.75, 3.05) is 10.7 Å². The summed E-state index contributed by atoms with van der Waals surface area (Å²) in [7, 11) is 1.82. The Bertz CT molecular complexity index is 1470. The van der Waals surface area contributed by atoms with Crippen LogP contribution in [0, 0.1) is 6.92 Å². The van der Waals surface area contributed by atoms with Gasteiger partial charge in [0.2, 0.25) is 11.0 Å². The van der Waals surface area contributed by atoms with E-state index in [1.165, 1.54) is 28.0 Å². The molecule has 1 amide bonds. The van der Waals surface area contributed by atoms with E-state index in [-0.39, 0.29) is 17.2 Å². The summed E-state index contributed by atoms with van der Waals surface area (Å²) in [6.07, 6.45) is 0. The van der Waals surface area contributed by atoms with Crippen LogP contribution in [-0.4, -0.2) is 30.3 Å². The lowest BCUT2D eigenvalue weighted by Crippen LogP contribution is -2.27. The van der Waals surface area contributed by atoms with Crippen LogP contribution in [0.25, 0.3) is 16.9 Å². The molecule has 0 radical (unpaired) electrons. The highest BCUT2D eigenvalue weighted by Crippen LogP contribution is 2.42. The fourth-order valence-corrected chi connectivity index (χ4v) is 5.70. The van der Waals surface area contributed by atoms with Gasteiger partial charge in [0.1, 0.15) is 10.0 Å². The number of amides is 1. The van der Waals surface area contributed by atoms with E-state index in [1.807, 2.05) is 74.6 Å². The van der Waals surface area contributed by atoms with E-state index in [2.05, 4.69) is 15.2 Å². The predicted octanol–water partition coefficient (Wildman–Crippen LogP) is 5.39. The van der Waals surface area contributed by atoms with Crippen LogP contribution in [0.4, 0.5) is 15.8 Å². The molecule has 0 unspecified atom stereocenters. The Hall–Kier alpha value is -3.41. The highest BCUT2D eigenvalue weighted by molar-refractivity contribution is 8.24. The zero-order chi connectivity index (χ0) is 23.8. The summed E-state index contributed by atoms with van der Waals surface area (Å²) in [5.74, 6) is 0.119. The van der Waals surface area contributed by atoms with Crippen molar-refractivity contribution in [3.05, 3.63) is 76.7 Å². The third kappa shape index (κ3) is 3.91. The molecule has 0 N–H and O–H groups in total. The molecule has 11 heteroatoms. The van der Waals surface area contributed by atoms with Gasteiger partial charge in [-0.25, -0.2) is 14.6 Å². The van der Waals surface area contributed by atoms with Gasteiger partial charge in [0.15, 0.2) is 5.00 Å². The van der Waals surface area contributed by atoms with Crippen LogP contribution in [0.5, 0.6) is 0 Å². The number of para-hydroxylation sites is 1. The van der Waals surface area contributed by atoms with Gasteiger partial charge in [-0.1, -0.05) is 71.7 Å². The topological polar surface area (TPSA) is 84.9 Å². The highest BCUT2D eigenvalue weighted by atomic mass is 32.2. The lowest BCUT2D eigenvalue weighted by molar-refractivity contribution is -0.115. The lowest BCUT2D eigenvalue weighted by Gasteiger charge is -2.09. The van der Waals surface area contributed by atoms with Crippen molar-refractivity contribution < 1.29 is 4.79 Å². The van der Waals surface area contributed by atoms with E-state index in [0.717, 1.165) is 5.69 Å². The standard InChI is InChI=1S/C23H18N6O2S3/c1-14-18(21(31)29(27(14)2)16-11-7-4-8-12-16)19-20(26-25-15-9-5-3-6-10-15)34-22(24-19)28-17(30)13-33-23(28)32/h3-12H,13H2,1-2H3. The van der Waals surface area contributed by atoms with Gasteiger partial charge < -0.3 is 0 Å². The Kier molecular flexibility index (Phi) is 5.98. The molecule has 34 heavy (non-hydrogen) atoms. The molecular formula is C23H18N6O2S3. The van der Waals surface area contributed by atoms with Gasteiger partial charge in [-0.05, 0) is 31.2 Å². The summed E-state index contributed by atoms with van der Waals surface area (Å²) in [4.78, 5) is 32.2. The summed E-state index contributed by atoms with van der Waals surface area (Å²) in [6.45, 7) is 1.86.